The number of nitrogens with zero attached hydrogens (tertiary/aromatic N) is 4. The fraction of sp³-hybridized carbons (Fsp3) is 0.417. The Labute approximate surface area is 192 Å². The van der Waals surface area contributed by atoms with Crippen molar-refractivity contribution in [1.82, 2.24) is 25.1 Å². The number of nitrogens with one attached hydrogen (secondary N) is 1. The molecule has 3 aliphatic rings. The van der Waals surface area contributed by atoms with E-state index in [4.69, 9.17) is 4.98 Å². The number of rotatable bonds is 4. The molecule has 8 nitrogen and oxygen atoms in total. The smallest absolute Gasteiger partial charge is 0.255 e. The molecule has 6 rings (SSSR count). The minimum atomic E-state index is -3.07. The van der Waals surface area contributed by atoms with Crippen molar-refractivity contribution in [3.63, 3.8) is 0 Å². The zero-order chi connectivity index (χ0) is 22.6. The highest BCUT2D eigenvalue weighted by Gasteiger charge is 2.35. The minimum Gasteiger partial charge on any atom is -0.348 e. The average molecular weight is 464 g/mol. The van der Waals surface area contributed by atoms with Crippen LogP contribution < -0.4 is 5.32 Å². The number of amides is 1. The quantitative estimate of drug-likeness (QED) is 0.637. The summed E-state index contributed by atoms with van der Waals surface area (Å²) in [7, 11) is -3.07. The van der Waals surface area contributed by atoms with Gasteiger partial charge in [-0.2, -0.15) is 5.10 Å². The number of fused-ring (bicyclic) bond motifs is 3. The fourth-order valence-corrected chi connectivity index (χ4v) is 6.64. The molecule has 0 unspecified atom stereocenters. The highest BCUT2D eigenvalue weighted by molar-refractivity contribution is 7.91. The molecule has 0 spiro atoms. The molecule has 1 aromatic carbocycles. The van der Waals surface area contributed by atoms with Gasteiger partial charge in [0.1, 0.15) is 0 Å². The molecule has 1 N–H and O–H groups in total. The molecular formula is C24H25N5O3S. The molecular weight excluding hydrogens is 438 g/mol. The van der Waals surface area contributed by atoms with Crippen molar-refractivity contribution in [3.05, 3.63) is 59.0 Å². The molecule has 1 atom stereocenters. The van der Waals surface area contributed by atoms with Crippen molar-refractivity contribution in [1.29, 1.82) is 0 Å². The lowest BCUT2D eigenvalue weighted by molar-refractivity contribution is 0.0940. The Hall–Kier alpha value is -3.07. The van der Waals surface area contributed by atoms with Gasteiger partial charge >= 0.3 is 0 Å². The zero-order valence-electron chi connectivity index (χ0n) is 18.2. The van der Waals surface area contributed by atoms with Crippen molar-refractivity contribution in [2.45, 2.75) is 50.5 Å². The van der Waals surface area contributed by atoms with Gasteiger partial charge in [-0.25, -0.2) is 23.1 Å². The molecule has 1 aliphatic heterocycles. The highest BCUT2D eigenvalue weighted by Crippen LogP contribution is 2.42. The van der Waals surface area contributed by atoms with E-state index in [0.717, 1.165) is 54.6 Å². The summed E-state index contributed by atoms with van der Waals surface area (Å²) in [6.07, 6.45) is 8.87. The summed E-state index contributed by atoms with van der Waals surface area (Å²) in [5, 5.41) is 7.41. The number of carbonyl (C=O) groups excluding carboxylic acids is 1. The number of hydrogen-bond acceptors (Lipinski definition) is 6. The molecule has 9 heteroatoms. The van der Waals surface area contributed by atoms with Gasteiger partial charge < -0.3 is 5.32 Å². The van der Waals surface area contributed by atoms with Crippen molar-refractivity contribution >= 4 is 15.7 Å². The van der Waals surface area contributed by atoms with E-state index < -0.39 is 9.84 Å². The molecule has 33 heavy (non-hydrogen) atoms. The second-order valence-electron chi connectivity index (χ2n) is 9.26. The number of aryl methyl sites for hydroxylation is 2. The average Bonchev–Trinajstić information content (AvgIpc) is 3.49. The molecule has 2 aromatic heterocycles. The molecule has 2 fully saturated rings. The topological polar surface area (TPSA) is 107 Å². The van der Waals surface area contributed by atoms with Gasteiger partial charge in [0, 0.05) is 23.7 Å². The van der Waals surface area contributed by atoms with Crippen LogP contribution in [0.2, 0.25) is 0 Å². The van der Waals surface area contributed by atoms with Crippen LogP contribution in [0.25, 0.3) is 17.2 Å². The zero-order valence-corrected chi connectivity index (χ0v) is 19.0. The van der Waals surface area contributed by atoms with Crippen molar-refractivity contribution in [2.75, 3.05) is 11.5 Å². The minimum absolute atomic E-state index is 0.00101. The van der Waals surface area contributed by atoms with Crippen molar-refractivity contribution in [2.24, 2.45) is 0 Å². The lowest BCUT2D eigenvalue weighted by atomic mass is 10.0. The van der Waals surface area contributed by atoms with Crippen LogP contribution in [-0.4, -0.2) is 51.6 Å². The standard InChI is InChI=1S/C24H25N5O3S/c30-23(27-18-10-11-33(31,32)14-18)20-13-26-29(22(20)16-8-9-16)24-25-12-17-6-3-5-15-4-1-2-7-19(15)21(17)28-24/h1-2,4,7,12-13,16,18H,3,5-6,8-11,14H2,(H,27,30)/t18-/m0/s1. The highest BCUT2D eigenvalue weighted by atomic mass is 32.2. The summed E-state index contributed by atoms with van der Waals surface area (Å²) >= 11 is 0. The largest absolute Gasteiger partial charge is 0.348 e. The molecule has 3 heterocycles. The Balaban J connectivity index is 1.37. The maximum absolute atomic E-state index is 13.1. The van der Waals surface area contributed by atoms with Crippen LogP contribution in [0.4, 0.5) is 0 Å². The van der Waals surface area contributed by atoms with E-state index in [0.29, 0.717) is 17.9 Å². The van der Waals surface area contributed by atoms with E-state index >= 15 is 0 Å². The SMILES string of the molecule is O=C(N[C@H]1CCS(=O)(=O)C1)c1cnn(-c2ncc3c(n2)-c2ccccc2CCC3)c1C1CC1. The number of benzene rings is 1. The van der Waals surface area contributed by atoms with Crippen LogP contribution in [0.5, 0.6) is 0 Å². The maximum Gasteiger partial charge on any atom is 0.255 e. The number of sulfone groups is 1. The summed E-state index contributed by atoms with van der Waals surface area (Å²) in [6.45, 7) is 0. The van der Waals surface area contributed by atoms with E-state index in [1.54, 1.807) is 10.9 Å². The molecule has 1 amide bonds. The third-order valence-electron chi connectivity index (χ3n) is 6.79. The first-order chi connectivity index (χ1) is 16.0. The van der Waals surface area contributed by atoms with Gasteiger partial charge in [0.05, 0.1) is 34.7 Å². The van der Waals surface area contributed by atoms with Gasteiger partial charge in [-0.1, -0.05) is 24.3 Å². The Morgan fingerprint density at radius 3 is 2.67 bits per heavy atom. The van der Waals surface area contributed by atoms with E-state index in [1.165, 1.54) is 5.56 Å². The summed E-state index contributed by atoms with van der Waals surface area (Å²) < 4.78 is 25.3. The van der Waals surface area contributed by atoms with E-state index in [9.17, 15) is 13.2 Å². The van der Waals surface area contributed by atoms with E-state index in [2.05, 4.69) is 33.6 Å². The first kappa shape index (κ1) is 20.5. The van der Waals surface area contributed by atoms with E-state index in [1.807, 2.05) is 12.3 Å². The number of carbonyl (C=O) groups is 1. The predicted octanol–water partition coefficient (Wildman–Crippen LogP) is 2.61. The van der Waals surface area contributed by atoms with Gasteiger partial charge in [0.15, 0.2) is 9.84 Å². The second-order valence-corrected chi connectivity index (χ2v) is 11.5. The van der Waals surface area contributed by atoms with Gasteiger partial charge in [0.25, 0.3) is 11.9 Å². The van der Waals surface area contributed by atoms with E-state index in [-0.39, 0.29) is 29.4 Å². The van der Waals surface area contributed by atoms with Gasteiger partial charge in [-0.3, -0.25) is 4.79 Å². The molecule has 1 saturated carbocycles. The molecule has 170 valence electrons. The van der Waals surface area contributed by atoms with Crippen molar-refractivity contribution < 1.29 is 13.2 Å². The summed E-state index contributed by atoms with van der Waals surface area (Å²) in [5.74, 6) is 0.547. The first-order valence-electron chi connectivity index (χ1n) is 11.5. The van der Waals surface area contributed by atoms with Crippen LogP contribution in [0.1, 0.15) is 58.8 Å². The van der Waals surface area contributed by atoms with Crippen LogP contribution in [0.15, 0.2) is 36.7 Å². The Morgan fingerprint density at radius 1 is 1.06 bits per heavy atom. The molecule has 0 bridgehead atoms. The van der Waals surface area contributed by atoms with Crippen LogP contribution in [-0.2, 0) is 22.7 Å². The number of hydrogen-bond donors (Lipinski definition) is 1. The fourth-order valence-electron chi connectivity index (χ4n) is 4.97. The summed E-state index contributed by atoms with van der Waals surface area (Å²) in [5.41, 5.74) is 5.79. The molecule has 2 aliphatic carbocycles. The van der Waals surface area contributed by atoms with Crippen molar-refractivity contribution in [3.8, 4) is 17.2 Å². The summed E-state index contributed by atoms with van der Waals surface area (Å²) in [4.78, 5) is 22.6. The molecule has 1 saturated heterocycles. The third kappa shape index (κ3) is 3.84. The Bertz CT molecular complexity index is 1360. The Kier molecular flexibility index (Phi) is 4.83. The lowest BCUT2D eigenvalue weighted by Gasteiger charge is -2.13. The molecule has 3 aromatic rings. The van der Waals surface area contributed by atoms with Gasteiger partial charge in [-0.15, -0.1) is 0 Å². The normalized spacial score (nSPS) is 21.2. The second kappa shape index (κ2) is 7.76. The van der Waals surface area contributed by atoms with Gasteiger partial charge in [-0.05, 0) is 49.7 Å². The van der Waals surface area contributed by atoms with Crippen LogP contribution in [0.3, 0.4) is 0 Å². The third-order valence-corrected chi connectivity index (χ3v) is 8.56. The maximum atomic E-state index is 13.1. The van der Waals surface area contributed by atoms with Crippen LogP contribution in [0, 0.1) is 0 Å². The summed E-state index contributed by atoms with van der Waals surface area (Å²) in [6, 6.07) is 8.01. The Morgan fingerprint density at radius 2 is 1.88 bits per heavy atom. The first-order valence-corrected chi connectivity index (χ1v) is 13.3. The monoisotopic (exact) mass is 463 g/mol. The van der Waals surface area contributed by atoms with Crippen LogP contribution >= 0.6 is 0 Å². The lowest BCUT2D eigenvalue weighted by Crippen LogP contribution is -2.36. The number of aromatic nitrogens is 4. The van der Waals surface area contributed by atoms with Gasteiger partial charge in [0.2, 0.25) is 0 Å². The molecule has 0 radical (unpaired) electrons. The predicted molar refractivity (Wildman–Crippen MR) is 123 cm³/mol.